The minimum absolute atomic E-state index is 0.224. The maximum Gasteiger partial charge on any atom is 0.343 e. The molecule has 112 valence electrons. The Balaban J connectivity index is 2.05. The van der Waals surface area contributed by atoms with E-state index in [9.17, 15) is 20.0 Å². The van der Waals surface area contributed by atoms with Gasteiger partial charge in [-0.2, -0.15) is 0 Å². The Kier molecular flexibility index (Phi) is 5.05. The summed E-state index contributed by atoms with van der Waals surface area (Å²) >= 11 is 0. The topological polar surface area (TPSA) is 92.5 Å². The molecule has 0 spiro atoms. The molecule has 0 fully saturated rings. The van der Waals surface area contributed by atoms with Gasteiger partial charge in [0.25, 0.3) is 5.69 Å². The maximum atomic E-state index is 11.3. The number of nitro groups is 1. The molecule has 1 aliphatic rings. The van der Waals surface area contributed by atoms with Crippen molar-refractivity contribution in [3.8, 4) is 0 Å². The van der Waals surface area contributed by atoms with Crippen molar-refractivity contribution in [3.05, 3.63) is 51.6 Å². The average Bonchev–Trinajstić information content (AvgIpc) is 2.47. The van der Waals surface area contributed by atoms with E-state index in [1.54, 1.807) is 6.07 Å². The van der Waals surface area contributed by atoms with Crippen LogP contribution in [0.1, 0.15) is 35.2 Å². The number of benzene rings is 1. The summed E-state index contributed by atoms with van der Waals surface area (Å²) in [5.41, 5.74) is -0.135. The molecule has 6 heteroatoms. The van der Waals surface area contributed by atoms with Crippen LogP contribution in [0.2, 0.25) is 0 Å². The van der Waals surface area contributed by atoms with E-state index >= 15 is 0 Å². The molecule has 0 aromatic heterocycles. The van der Waals surface area contributed by atoms with E-state index in [0.29, 0.717) is 18.0 Å². The third-order valence-corrected chi connectivity index (χ3v) is 3.67. The Bertz CT molecular complexity index is 569. The summed E-state index contributed by atoms with van der Waals surface area (Å²) in [6, 6.07) is 4.36. The molecule has 0 amide bonds. The lowest BCUT2D eigenvalue weighted by atomic mass is 9.94. The van der Waals surface area contributed by atoms with Crippen LogP contribution in [-0.2, 0) is 6.54 Å². The van der Waals surface area contributed by atoms with Gasteiger partial charge in [-0.1, -0.05) is 24.3 Å². The first-order valence-electron chi connectivity index (χ1n) is 6.95. The van der Waals surface area contributed by atoms with Gasteiger partial charge in [0.05, 0.1) is 4.92 Å². The highest BCUT2D eigenvalue weighted by molar-refractivity contribution is 5.94. The van der Waals surface area contributed by atoms with E-state index in [2.05, 4.69) is 17.5 Å². The van der Waals surface area contributed by atoms with Crippen LogP contribution in [0.25, 0.3) is 0 Å². The summed E-state index contributed by atoms with van der Waals surface area (Å²) in [4.78, 5) is 21.5. The van der Waals surface area contributed by atoms with Crippen molar-refractivity contribution in [1.82, 2.24) is 5.32 Å². The molecule has 0 saturated heterocycles. The van der Waals surface area contributed by atoms with Gasteiger partial charge >= 0.3 is 5.97 Å². The van der Waals surface area contributed by atoms with Crippen LogP contribution in [0, 0.1) is 16.0 Å². The standard InChI is InChI=1S/C15H18N2O4/c18-15(19)14-12(7-4-8-13(14)17(20)21)10-16-9-11-5-2-1-3-6-11/h1-2,4,7-8,11,16H,3,5-6,9-10H2,(H,18,19). The quantitative estimate of drug-likeness (QED) is 0.477. The summed E-state index contributed by atoms with van der Waals surface area (Å²) in [6.07, 6.45) is 7.53. The second kappa shape index (κ2) is 6.99. The van der Waals surface area contributed by atoms with E-state index in [1.165, 1.54) is 12.1 Å². The van der Waals surface area contributed by atoms with Crippen molar-refractivity contribution in [1.29, 1.82) is 0 Å². The van der Waals surface area contributed by atoms with Crippen LogP contribution in [0.15, 0.2) is 30.4 Å². The summed E-state index contributed by atoms with van der Waals surface area (Å²) < 4.78 is 0. The predicted molar refractivity (Wildman–Crippen MR) is 78.2 cm³/mol. The number of carboxylic acids is 1. The molecule has 0 radical (unpaired) electrons. The highest BCUT2D eigenvalue weighted by Gasteiger charge is 2.23. The number of nitro benzene ring substituents is 1. The van der Waals surface area contributed by atoms with Gasteiger partial charge in [0.1, 0.15) is 5.56 Å². The third kappa shape index (κ3) is 3.88. The molecule has 0 saturated carbocycles. The first kappa shape index (κ1) is 15.2. The number of carboxylic acid groups (broad SMARTS) is 1. The zero-order valence-electron chi connectivity index (χ0n) is 11.6. The number of nitrogens with zero attached hydrogens (tertiary/aromatic N) is 1. The van der Waals surface area contributed by atoms with Crippen molar-refractivity contribution in [2.24, 2.45) is 5.92 Å². The van der Waals surface area contributed by atoms with E-state index in [4.69, 9.17) is 0 Å². The number of allylic oxidation sites excluding steroid dienone is 2. The lowest BCUT2D eigenvalue weighted by Gasteiger charge is -2.18. The Morgan fingerprint density at radius 3 is 2.86 bits per heavy atom. The molecule has 1 aromatic carbocycles. The Labute approximate surface area is 122 Å². The van der Waals surface area contributed by atoms with Crippen LogP contribution < -0.4 is 5.32 Å². The maximum absolute atomic E-state index is 11.3. The van der Waals surface area contributed by atoms with E-state index in [1.807, 2.05) is 0 Å². The fraction of sp³-hybridized carbons (Fsp3) is 0.400. The van der Waals surface area contributed by atoms with Gasteiger partial charge < -0.3 is 10.4 Å². The van der Waals surface area contributed by atoms with Crippen molar-refractivity contribution in [3.63, 3.8) is 0 Å². The summed E-state index contributed by atoms with van der Waals surface area (Å²) in [5, 5.41) is 23.3. The van der Waals surface area contributed by atoms with Gasteiger partial charge in [-0.25, -0.2) is 4.79 Å². The Hall–Kier alpha value is -2.21. The molecular formula is C15H18N2O4. The van der Waals surface area contributed by atoms with Crippen molar-refractivity contribution < 1.29 is 14.8 Å². The van der Waals surface area contributed by atoms with Crippen molar-refractivity contribution >= 4 is 11.7 Å². The largest absolute Gasteiger partial charge is 0.477 e. The van der Waals surface area contributed by atoms with Gasteiger partial charge in [-0.3, -0.25) is 10.1 Å². The molecule has 1 atom stereocenters. The molecule has 1 unspecified atom stereocenters. The molecule has 2 N–H and O–H groups in total. The predicted octanol–water partition coefficient (Wildman–Crippen LogP) is 2.74. The van der Waals surface area contributed by atoms with Gasteiger partial charge in [0.15, 0.2) is 0 Å². The number of carbonyl (C=O) groups is 1. The van der Waals surface area contributed by atoms with Crippen LogP contribution >= 0.6 is 0 Å². The minimum atomic E-state index is -1.26. The molecular weight excluding hydrogens is 272 g/mol. The van der Waals surface area contributed by atoms with Crippen molar-refractivity contribution in [2.75, 3.05) is 6.54 Å². The minimum Gasteiger partial charge on any atom is -0.477 e. The SMILES string of the molecule is O=C(O)c1c(CNCC2CC=CCC2)cccc1[N+](=O)[O-]. The molecule has 0 heterocycles. The van der Waals surface area contributed by atoms with Crippen LogP contribution in [0.3, 0.4) is 0 Å². The molecule has 21 heavy (non-hydrogen) atoms. The monoisotopic (exact) mass is 290 g/mol. The first-order valence-corrected chi connectivity index (χ1v) is 6.95. The van der Waals surface area contributed by atoms with Crippen molar-refractivity contribution in [2.45, 2.75) is 25.8 Å². The average molecular weight is 290 g/mol. The molecule has 2 rings (SSSR count). The summed E-state index contributed by atoms with van der Waals surface area (Å²) in [7, 11) is 0. The summed E-state index contributed by atoms with van der Waals surface area (Å²) in [6.45, 7) is 1.11. The number of rotatable bonds is 6. The first-order chi connectivity index (χ1) is 10.1. The number of hydrogen-bond donors (Lipinski definition) is 2. The molecule has 1 aromatic rings. The normalized spacial score (nSPS) is 17.6. The number of hydrogen-bond acceptors (Lipinski definition) is 4. The fourth-order valence-corrected chi connectivity index (χ4v) is 2.59. The Morgan fingerprint density at radius 1 is 1.43 bits per heavy atom. The van der Waals surface area contributed by atoms with Crippen LogP contribution in [-0.4, -0.2) is 22.5 Å². The van der Waals surface area contributed by atoms with Gasteiger partial charge in [0.2, 0.25) is 0 Å². The van der Waals surface area contributed by atoms with E-state index < -0.39 is 10.9 Å². The number of nitrogens with one attached hydrogen (secondary N) is 1. The van der Waals surface area contributed by atoms with Crippen LogP contribution in [0.5, 0.6) is 0 Å². The van der Waals surface area contributed by atoms with Gasteiger partial charge in [-0.15, -0.1) is 0 Å². The summed E-state index contributed by atoms with van der Waals surface area (Å²) in [5.74, 6) is -0.721. The zero-order valence-corrected chi connectivity index (χ0v) is 11.6. The highest BCUT2D eigenvalue weighted by atomic mass is 16.6. The lowest BCUT2D eigenvalue weighted by Crippen LogP contribution is -2.24. The molecule has 1 aliphatic carbocycles. The Morgan fingerprint density at radius 2 is 2.24 bits per heavy atom. The molecule has 6 nitrogen and oxygen atoms in total. The second-order valence-electron chi connectivity index (χ2n) is 5.15. The third-order valence-electron chi connectivity index (χ3n) is 3.67. The molecule has 0 aliphatic heterocycles. The van der Waals surface area contributed by atoms with E-state index in [-0.39, 0.29) is 11.3 Å². The van der Waals surface area contributed by atoms with Gasteiger partial charge in [0, 0.05) is 12.6 Å². The smallest absolute Gasteiger partial charge is 0.343 e. The highest BCUT2D eigenvalue weighted by Crippen LogP contribution is 2.23. The van der Waals surface area contributed by atoms with E-state index in [0.717, 1.165) is 25.8 Å². The second-order valence-corrected chi connectivity index (χ2v) is 5.15. The molecule has 0 bridgehead atoms. The fourth-order valence-electron chi connectivity index (χ4n) is 2.59. The van der Waals surface area contributed by atoms with Gasteiger partial charge in [-0.05, 0) is 37.3 Å². The lowest BCUT2D eigenvalue weighted by molar-refractivity contribution is -0.385. The number of aromatic carboxylic acids is 1. The zero-order chi connectivity index (χ0) is 15.2. The van der Waals surface area contributed by atoms with Crippen LogP contribution in [0.4, 0.5) is 5.69 Å².